The minimum atomic E-state index is -3.59. The number of benzene rings is 2. The lowest BCUT2D eigenvalue weighted by atomic mass is 10.1. The maximum absolute atomic E-state index is 12.3. The van der Waals surface area contributed by atoms with Crippen molar-refractivity contribution < 1.29 is 8.42 Å². The van der Waals surface area contributed by atoms with Crippen molar-refractivity contribution in [3.63, 3.8) is 0 Å². The van der Waals surface area contributed by atoms with E-state index in [1.807, 2.05) is 19.9 Å². The summed E-state index contributed by atoms with van der Waals surface area (Å²) in [5.74, 6) is 0. The van der Waals surface area contributed by atoms with Crippen LogP contribution in [0.3, 0.4) is 0 Å². The molecule has 0 spiro atoms. The van der Waals surface area contributed by atoms with Gasteiger partial charge in [0.25, 0.3) is 10.0 Å². The Hall–Kier alpha value is -1.52. The van der Waals surface area contributed by atoms with Crippen LogP contribution in [0.4, 0.5) is 5.69 Å². The summed E-state index contributed by atoms with van der Waals surface area (Å²) in [6, 6.07) is 11.9. The highest BCUT2D eigenvalue weighted by atomic mass is 35.5. The van der Waals surface area contributed by atoms with Crippen molar-refractivity contribution in [3.8, 4) is 0 Å². The van der Waals surface area contributed by atoms with E-state index in [4.69, 9.17) is 11.6 Å². The Morgan fingerprint density at radius 3 is 2.35 bits per heavy atom. The van der Waals surface area contributed by atoms with Crippen LogP contribution in [0.2, 0.25) is 5.02 Å². The molecule has 0 radical (unpaired) electrons. The smallest absolute Gasteiger partial charge is 0.261 e. The summed E-state index contributed by atoms with van der Waals surface area (Å²) in [7, 11) is -3.59. The highest BCUT2D eigenvalue weighted by molar-refractivity contribution is 7.92. The number of rotatable bonds is 4. The number of halogens is 1. The quantitative estimate of drug-likeness (QED) is 0.927. The Balaban J connectivity index is 2.37. The molecule has 0 fully saturated rings. The highest BCUT2D eigenvalue weighted by Gasteiger charge is 2.15. The summed E-state index contributed by atoms with van der Waals surface area (Å²) < 4.78 is 27.3. The molecular formula is C15H16ClNO2S. The second-order valence-corrected chi connectivity index (χ2v) is 6.69. The average molecular weight is 310 g/mol. The maximum Gasteiger partial charge on any atom is 0.261 e. The largest absolute Gasteiger partial charge is 0.279 e. The molecule has 2 aromatic carbocycles. The van der Waals surface area contributed by atoms with E-state index in [-0.39, 0.29) is 4.90 Å². The third-order valence-electron chi connectivity index (χ3n) is 3.03. The van der Waals surface area contributed by atoms with Crippen molar-refractivity contribution in [1.82, 2.24) is 0 Å². The third kappa shape index (κ3) is 3.32. The minimum Gasteiger partial charge on any atom is -0.279 e. The van der Waals surface area contributed by atoms with Crippen molar-refractivity contribution >= 4 is 27.3 Å². The molecule has 0 aliphatic heterocycles. The van der Waals surface area contributed by atoms with Crippen LogP contribution in [0, 0.1) is 6.92 Å². The summed E-state index contributed by atoms with van der Waals surface area (Å²) in [6.07, 6.45) is 0.725. The number of nitrogens with one attached hydrogen (secondary N) is 1. The van der Waals surface area contributed by atoms with E-state index in [1.54, 1.807) is 36.4 Å². The molecule has 0 saturated heterocycles. The number of sulfonamides is 1. The van der Waals surface area contributed by atoms with Crippen LogP contribution >= 0.6 is 11.6 Å². The van der Waals surface area contributed by atoms with Crippen LogP contribution in [0.5, 0.6) is 0 Å². The van der Waals surface area contributed by atoms with E-state index in [0.29, 0.717) is 10.7 Å². The molecule has 0 heterocycles. The first kappa shape index (κ1) is 14.9. The topological polar surface area (TPSA) is 46.2 Å². The molecule has 20 heavy (non-hydrogen) atoms. The predicted molar refractivity (Wildman–Crippen MR) is 82.8 cm³/mol. The normalized spacial score (nSPS) is 11.3. The van der Waals surface area contributed by atoms with Gasteiger partial charge in [-0.25, -0.2) is 8.42 Å². The molecule has 0 aliphatic rings. The highest BCUT2D eigenvalue weighted by Crippen LogP contribution is 2.24. The molecule has 2 aromatic rings. The monoisotopic (exact) mass is 309 g/mol. The maximum atomic E-state index is 12.3. The Bertz CT molecular complexity index is 709. The molecule has 0 bridgehead atoms. The van der Waals surface area contributed by atoms with Gasteiger partial charge in [0.1, 0.15) is 0 Å². The molecule has 0 unspecified atom stereocenters. The number of hydrogen-bond donors (Lipinski definition) is 1. The number of anilines is 1. The molecule has 3 nitrogen and oxygen atoms in total. The summed E-state index contributed by atoms with van der Waals surface area (Å²) in [6.45, 7) is 3.88. The molecule has 0 amide bonds. The SMILES string of the molecule is CCc1ccc(Cl)cc1NS(=O)(=O)c1ccc(C)cc1. The van der Waals surface area contributed by atoms with Gasteiger partial charge >= 0.3 is 0 Å². The zero-order valence-corrected chi connectivity index (χ0v) is 12.9. The van der Waals surface area contributed by atoms with E-state index < -0.39 is 10.0 Å². The fourth-order valence-corrected chi connectivity index (χ4v) is 3.14. The predicted octanol–water partition coefficient (Wildman–Crippen LogP) is 4.01. The molecule has 2 rings (SSSR count). The first-order chi connectivity index (χ1) is 9.42. The lowest BCUT2D eigenvalue weighted by Gasteiger charge is -2.12. The lowest BCUT2D eigenvalue weighted by Crippen LogP contribution is -2.14. The van der Waals surface area contributed by atoms with Crippen LogP contribution in [0.1, 0.15) is 18.1 Å². The summed E-state index contributed by atoms with van der Waals surface area (Å²) in [5.41, 5.74) is 2.45. The fourth-order valence-electron chi connectivity index (χ4n) is 1.87. The van der Waals surface area contributed by atoms with Crippen LogP contribution in [0.15, 0.2) is 47.4 Å². The van der Waals surface area contributed by atoms with Gasteiger partial charge in [-0.05, 0) is 43.2 Å². The standard InChI is InChI=1S/C15H16ClNO2S/c1-3-12-6-7-13(16)10-15(12)17-20(18,19)14-8-4-11(2)5-9-14/h4-10,17H,3H2,1-2H3. The van der Waals surface area contributed by atoms with Gasteiger partial charge in [0, 0.05) is 5.02 Å². The zero-order valence-electron chi connectivity index (χ0n) is 11.4. The number of hydrogen-bond acceptors (Lipinski definition) is 2. The van der Waals surface area contributed by atoms with Crippen LogP contribution in [0.25, 0.3) is 0 Å². The molecule has 0 aliphatic carbocycles. The van der Waals surface area contributed by atoms with Crippen molar-refractivity contribution in [3.05, 3.63) is 58.6 Å². The van der Waals surface area contributed by atoms with Gasteiger partial charge in [-0.3, -0.25) is 4.72 Å². The molecule has 0 saturated carbocycles. The second-order valence-electron chi connectivity index (χ2n) is 4.57. The molecule has 106 valence electrons. The first-order valence-electron chi connectivity index (χ1n) is 6.30. The zero-order chi connectivity index (χ0) is 14.8. The van der Waals surface area contributed by atoms with E-state index in [1.165, 1.54) is 0 Å². The van der Waals surface area contributed by atoms with E-state index >= 15 is 0 Å². The Kier molecular flexibility index (Phi) is 4.35. The Labute approximate surface area is 124 Å². The third-order valence-corrected chi connectivity index (χ3v) is 4.64. The van der Waals surface area contributed by atoms with Gasteiger partial charge in [-0.15, -0.1) is 0 Å². The van der Waals surface area contributed by atoms with E-state index in [9.17, 15) is 8.42 Å². The minimum absolute atomic E-state index is 0.241. The summed E-state index contributed by atoms with van der Waals surface area (Å²) in [5, 5.41) is 0.504. The Morgan fingerprint density at radius 2 is 1.75 bits per heavy atom. The van der Waals surface area contributed by atoms with Crippen molar-refractivity contribution in [1.29, 1.82) is 0 Å². The van der Waals surface area contributed by atoms with Gasteiger partial charge < -0.3 is 0 Å². The molecule has 1 N–H and O–H groups in total. The summed E-state index contributed by atoms with van der Waals surface area (Å²) >= 11 is 5.93. The molecular weight excluding hydrogens is 294 g/mol. The van der Waals surface area contributed by atoms with Gasteiger partial charge in [0.2, 0.25) is 0 Å². The van der Waals surface area contributed by atoms with Crippen LogP contribution in [-0.4, -0.2) is 8.42 Å². The van der Waals surface area contributed by atoms with Gasteiger partial charge in [-0.2, -0.15) is 0 Å². The van der Waals surface area contributed by atoms with E-state index in [0.717, 1.165) is 17.5 Å². The average Bonchev–Trinajstić information content (AvgIpc) is 2.39. The molecule has 0 atom stereocenters. The second kappa shape index (κ2) is 5.85. The van der Waals surface area contributed by atoms with Gasteiger partial charge in [0.15, 0.2) is 0 Å². The van der Waals surface area contributed by atoms with Crippen molar-refractivity contribution in [2.24, 2.45) is 0 Å². The summed E-state index contributed by atoms with van der Waals surface area (Å²) in [4.78, 5) is 0.241. The fraction of sp³-hybridized carbons (Fsp3) is 0.200. The molecule has 5 heteroatoms. The Morgan fingerprint density at radius 1 is 1.10 bits per heavy atom. The lowest BCUT2D eigenvalue weighted by molar-refractivity contribution is 0.601. The van der Waals surface area contributed by atoms with Gasteiger partial charge in [-0.1, -0.05) is 42.3 Å². The van der Waals surface area contributed by atoms with Crippen molar-refractivity contribution in [2.45, 2.75) is 25.2 Å². The van der Waals surface area contributed by atoms with Crippen LogP contribution < -0.4 is 4.72 Å². The van der Waals surface area contributed by atoms with Gasteiger partial charge in [0.05, 0.1) is 10.6 Å². The van der Waals surface area contributed by atoms with Crippen LogP contribution in [-0.2, 0) is 16.4 Å². The first-order valence-corrected chi connectivity index (χ1v) is 8.16. The number of aryl methyl sites for hydroxylation is 2. The van der Waals surface area contributed by atoms with E-state index in [2.05, 4.69) is 4.72 Å². The molecule has 0 aromatic heterocycles. The van der Waals surface area contributed by atoms with Crippen molar-refractivity contribution in [2.75, 3.05) is 4.72 Å².